The highest BCUT2D eigenvalue weighted by molar-refractivity contribution is 6.39. The molecule has 4 aliphatic heterocycles. The highest BCUT2D eigenvalue weighted by atomic mass is 35.5. The number of nitrogens with zero attached hydrogens (tertiary/aromatic N) is 6. The lowest BCUT2D eigenvalue weighted by atomic mass is 9.79. The number of carbonyl (C=O) groups excluding carboxylic acids is 2. The third-order valence-corrected chi connectivity index (χ3v) is 11.1. The molecular formula is C36H36Cl2N8O2. The molecule has 6 heterocycles. The van der Waals surface area contributed by atoms with E-state index in [0.717, 1.165) is 84.3 Å². The first-order valence-electron chi connectivity index (χ1n) is 16.3. The van der Waals surface area contributed by atoms with Crippen molar-refractivity contribution in [1.29, 1.82) is 0 Å². The van der Waals surface area contributed by atoms with Crippen LogP contribution in [0.3, 0.4) is 0 Å². The van der Waals surface area contributed by atoms with Crippen molar-refractivity contribution in [3.63, 3.8) is 0 Å². The second kappa shape index (κ2) is 11.9. The topological polar surface area (TPSA) is 116 Å². The van der Waals surface area contributed by atoms with Gasteiger partial charge < -0.3 is 10.6 Å². The monoisotopic (exact) mass is 682 g/mol. The molecule has 12 heteroatoms. The molecule has 0 radical (unpaired) electrons. The zero-order valence-corrected chi connectivity index (χ0v) is 28.5. The molecule has 0 saturated carbocycles. The van der Waals surface area contributed by atoms with Gasteiger partial charge in [0.05, 0.1) is 56.6 Å². The molecule has 2 spiro atoms. The third kappa shape index (κ3) is 5.64. The van der Waals surface area contributed by atoms with Gasteiger partial charge in [-0.25, -0.2) is 9.97 Å². The van der Waals surface area contributed by atoms with Crippen LogP contribution in [-0.4, -0.2) is 80.8 Å². The molecule has 4 aromatic rings. The molecule has 2 amide bonds. The van der Waals surface area contributed by atoms with Crippen LogP contribution in [0.25, 0.3) is 33.6 Å². The average molecular weight is 684 g/mol. The summed E-state index contributed by atoms with van der Waals surface area (Å²) in [6, 6.07) is 11.7. The fourth-order valence-electron chi connectivity index (χ4n) is 7.86. The third-order valence-electron chi connectivity index (χ3n) is 10.3. The van der Waals surface area contributed by atoms with E-state index in [1.54, 1.807) is 12.4 Å². The first kappa shape index (κ1) is 31.3. The van der Waals surface area contributed by atoms with E-state index >= 15 is 0 Å². The Morgan fingerprint density at radius 2 is 1.06 bits per heavy atom. The van der Waals surface area contributed by atoms with Gasteiger partial charge in [-0.1, -0.05) is 59.6 Å². The molecule has 0 unspecified atom stereocenters. The number of benzene rings is 2. The predicted octanol–water partition coefficient (Wildman–Crippen LogP) is 4.84. The van der Waals surface area contributed by atoms with Crippen LogP contribution in [0.1, 0.15) is 35.6 Å². The van der Waals surface area contributed by atoms with Crippen LogP contribution in [0.15, 0.2) is 48.8 Å². The van der Waals surface area contributed by atoms with Crippen molar-refractivity contribution in [1.82, 2.24) is 40.4 Å². The van der Waals surface area contributed by atoms with E-state index in [1.165, 1.54) is 0 Å². The Morgan fingerprint density at radius 3 is 1.42 bits per heavy atom. The normalized spacial score (nSPS) is 19.8. The molecule has 0 aliphatic carbocycles. The predicted molar refractivity (Wildman–Crippen MR) is 184 cm³/mol. The molecule has 2 aromatic heterocycles. The van der Waals surface area contributed by atoms with Crippen LogP contribution < -0.4 is 10.6 Å². The molecular weight excluding hydrogens is 647 g/mol. The Kier molecular flexibility index (Phi) is 7.75. The lowest BCUT2D eigenvalue weighted by Crippen LogP contribution is -2.56. The summed E-state index contributed by atoms with van der Waals surface area (Å²) in [6.45, 7) is 10.4. The zero-order valence-electron chi connectivity index (χ0n) is 26.9. The molecule has 48 heavy (non-hydrogen) atoms. The number of halogens is 2. The van der Waals surface area contributed by atoms with Crippen LogP contribution in [0.5, 0.6) is 0 Å². The van der Waals surface area contributed by atoms with Crippen molar-refractivity contribution >= 4 is 35.0 Å². The summed E-state index contributed by atoms with van der Waals surface area (Å²) in [5.74, 6) is 0.295. The van der Waals surface area contributed by atoms with E-state index in [-0.39, 0.29) is 22.6 Å². The van der Waals surface area contributed by atoms with Crippen molar-refractivity contribution in [3.8, 4) is 33.6 Å². The highest BCUT2D eigenvalue weighted by Crippen LogP contribution is 2.43. The summed E-state index contributed by atoms with van der Waals surface area (Å²) < 4.78 is 0. The van der Waals surface area contributed by atoms with Gasteiger partial charge in [0, 0.05) is 98.3 Å². The van der Waals surface area contributed by atoms with Gasteiger partial charge in [-0.05, 0) is 13.8 Å². The maximum Gasteiger partial charge on any atom is 0.220 e. The Hall–Kier alpha value is -3.96. The molecule has 4 aliphatic rings. The van der Waals surface area contributed by atoms with E-state index in [0.29, 0.717) is 47.4 Å². The SMILES string of the molecule is Cc1nc(-c2cccc(-c3cccc(-c4cnc(CN5CC6(CNC(=O)C6)C5)c(C)n4)c3Cl)c2Cl)cnc1CN1CC2(CNC(=O)C2)C1. The molecule has 0 bridgehead atoms. The van der Waals surface area contributed by atoms with E-state index in [9.17, 15) is 9.59 Å². The maximum absolute atomic E-state index is 11.7. The van der Waals surface area contributed by atoms with Crippen LogP contribution in [0.2, 0.25) is 10.0 Å². The van der Waals surface area contributed by atoms with Gasteiger partial charge in [0.15, 0.2) is 0 Å². The Bertz CT molecular complexity index is 1830. The Morgan fingerprint density at radius 1 is 0.667 bits per heavy atom. The number of aryl methyl sites for hydroxylation is 2. The van der Waals surface area contributed by atoms with Crippen molar-refractivity contribution in [2.45, 2.75) is 39.8 Å². The number of nitrogens with one attached hydrogen (secondary N) is 2. The number of rotatable bonds is 7. The second-order valence-corrected chi connectivity index (χ2v) is 14.9. The number of amides is 2. The standard InChI is InChI=1S/C36H36Cl2N8O2/c1-21-29(13-45-17-35(18-45)9-31(47)41-15-35)39-11-27(43-21)25-7-3-5-23(33(25)37)24-6-4-8-26(34(24)38)28-12-40-30(22(2)44-28)14-46-19-36(20-46)10-32(48)42-16-36/h3-8,11-12H,9-10,13-20H2,1-2H3,(H,41,47)(H,42,48). The molecule has 10 nitrogen and oxygen atoms in total. The largest absolute Gasteiger partial charge is 0.355 e. The van der Waals surface area contributed by atoms with Crippen molar-refractivity contribution < 1.29 is 9.59 Å². The van der Waals surface area contributed by atoms with Gasteiger partial charge in [-0.3, -0.25) is 29.4 Å². The van der Waals surface area contributed by atoms with Crippen LogP contribution in [0.4, 0.5) is 0 Å². The summed E-state index contributed by atoms with van der Waals surface area (Å²) >= 11 is 14.2. The van der Waals surface area contributed by atoms with Gasteiger partial charge in [0.25, 0.3) is 0 Å². The summed E-state index contributed by atoms with van der Waals surface area (Å²) in [5.41, 5.74) is 8.25. The zero-order chi connectivity index (χ0) is 33.2. The molecule has 4 saturated heterocycles. The quantitative estimate of drug-likeness (QED) is 0.285. The minimum Gasteiger partial charge on any atom is -0.355 e. The van der Waals surface area contributed by atoms with E-state index in [2.05, 4.69) is 20.4 Å². The number of aromatic nitrogens is 4. The number of hydrogen-bond donors (Lipinski definition) is 2. The minimum absolute atomic E-state index is 0.0784. The number of likely N-dealkylation sites (tertiary alicyclic amines) is 2. The highest BCUT2D eigenvalue weighted by Gasteiger charge is 2.49. The lowest BCUT2D eigenvalue weighted by Gasteiger charge is -2.47. The van der Waals surface area contributed by atoms with Gasteiger partial charge >= 0.3 is 0 Å². The van der Waals surface area contributed by atoms with E-state index in [1.807, 2.05) is 50.2 Å². The Labute approximate surface area is 289 Å². The van der Waals surface area contributed by atoms with Gasteiger partial charge in [-0.2, -0.15) is 0 Å². The van der Waals surface area contributed by atoms with Crippen molar-refractivity contribution in [2.24, 2.45) is 10.8 Å². The van der Waals surface area contributed by atoms with E-state index in [4.69, 9.17) is 43.1 Å². The molecule has 2 N–H and O–H groups in total. The smallest absolute Gasteiger partial charge is 0.220 e. The van der Waals surface area contributed by atoms with Crippen LogP contribution in [0, 0.1) is 24.7 Å². The second-order valence-electron chi connectivity index (χ2n) is 14.1. The number of hydrogen-bond acceptors (Lipinski definition) is 8. The average Bonchev–Trinajstić information content (AvgIpc) is 3.62. The number of carbonyl (C=O) groups is 2. The minimum atomic E-state index is 0.0784. The van der Waals surface area contributed by atoms with Gasteiger partial charge in [-0.15, -0.1) is 0 Å². The van der Waals surface area contributed by atoms with Crippen LogP contribution in [-0.2, 0) is 22.7 Å². The van der Waals surface area contributed by atoms with Crippen LogP contribution >= 0.6 is 23.2 Å². The van der Waals surface area contributed by atoms with E-state index < -0.39 is 0 Å². The summed E-state index contributed by atoms with van der Waals surface area (Å²) in [7, 11) is 0. The van der Waals surface area contributed by atoms with Crippen molar-refractivity contribution in [2.75, 3.05) is 39.3 Å². The summed E-state index contributed by atoms with van der Waals surface area (Å²) in [5, 5.41) is 7.01. The Balaban J connectivity index is 0.990. The fourth-order valence-corrected chi connectivity index (χ4v) is 8.51. The summed E-state index contributed by atoms with van der Waals surface area (Å²) in [4.78, 5) is 47.4. The molecule has 246 valence electrons. The molecule has 4 fully saturated rings. The summed E-state index contributed by atoms with van der Waals surface area (Å²) in [6.07, 6.45) is 4.78. The fraction of sp³-hybridized carbons (Fsp3) is 0.389. The molecule has 2 aromatic carbocycles. The lowest BCUT2D eigenvalue weighted by molar-refractivity contribution is -0.121. The molecule has 0 atom stereocenters. The molecule has 8 rings (SSSR count). The first-order chi connectivity index (χ1) is 23.1. The maximum atomic E-state index is 11.7. The van der Waals surface area contributed by atoms with Gasteiger partial charge in [0.2, 0.25) is 11.8 Å². The van der Waals surface area contributed by atoms with Gasteiger partial charge in [0.1, 0.15) is 0 Å². The van der Waals surface area contributed by atoms with Crippen molar-refractivity contribution in [3.05, 3.63) is 81.6 Å². The first-order valence-corrected chi connectivity index (χ1v) is 17.1.